The lowest BCUT2D eigenvalue weighted by atomic mass is 10.2. The fourth-order valence-corrected chi connectivity index (χ4v) is 4.47. The molecule has 2 N–H and O–H groups in total. The molecule has 2 heterocycles. The summed E-state index contributed by atoms with van der Waals surface area (Å²) in [4.78, 5) is 0. The Morgan fingerprint density at radius 3 is 2.90 bits per heavy atom. The molecule has 0 spiro atoms. The number of aliphatic hydroxyl groups excluding tert-OH is 1. The van der Waals surface area contributed by atoms with Crippen LogP contribution in [0.2, 0.25) is 5.02 Å². The highest BCUT2D eigenvalue weighted by Gasteiger charge is 2.32. The Morgan fingerprint density at radius 2 is 2.40 bits per heavy atom. The largest absolute Gasteiger partial charge is 0.395 e. The molecule has 20 heavy (non-hydrogen) atoms. The van der Waals surface area contributed by atoms with Crippen molar-refractivity contribution < 1.29 is 13.5 Å². The van der Waals surface area contributed by atoms with Crippen LogP contribution in [-0.2, 0) is 17.1 Å². The molecule has 1 aromatic rings. The predicted molar refractivity (Wildman–Crippen MR) is 75.1 cm³/mol. The van der Waals surface area contributed by atoms with E-state index in [1.54, 1.807) is 0 Å². The van der Waals surface area contributed by atoms with E-state index >= 15 is 0 Å². The third kappa shape index (κ3) is 3.15. The van der Waals surface area contributed by atoms with Crippen molar-refractivity contribution in [3.8, 4) is 0 Å². The summed E-state index contributed by atoms with van der Waals surface area (Å²) in [6, 6.07) is 0.114. The molecule has 114 valence electrons. The lowest BCUT2D eigenvalue weighted by Gasteiger charge is -2.24. The summed E-state index contributed by atoms with van der Waals surface area (Å²) in [5.74, 6) is 0. The highest BCUT2D eigenvalue weighted by Crippen LogP contribution is 2.24. The summed E-state index contributed by atoms with van der Waals surface area (Å²) in [5, 5.41) is 16.3. The Labute approximate surface area is 123 Å². The number of halogens is 1. The predicted octanol–water partition coefficient (Wildman–Crippen LogP) is -0.191. The number of nitrogens with one attached hydrogen (secondary N) is 1. The quantitative estimate of drug-likeness (QED) is 0.758. The van der Waals surface area contributed by atoms with Gasteiger partial charge in [-0.15, -0.1) is 0 Å². The van der Waals surface area contributed by atoms with E-state index in [9.17, 15) is 8.42 Å². The van der Waals surface area contributed by atoms with Crippen molar-refractivity contribution >= 4 is 21.6 Å². The van der Waals surface area contributed by atoms with Crippen LogP contribution in [0.15, 0.2) is 11.2 Å². The summed E-state index contributed by atoms with van der Waals surface area (Å²) >= 11 is 5.92. The van der Waals surface area contributed by atoms with Crippen molar-refractivity contribution in [2.24, 2.45) is 7.05 Å². The summed E-state index contributed by atoms with van der Waals surface area (Å²) in [5.41, 5.74) is 0. The summed E-state index contributed by atoms with van der Waals surface area (Å²) in [6.45, 7) is 1.03. The molecule has 0 aromatic carbocycles. The van der Waals surface area contributed by atoms with Gasteiger partial charge < -0.3 is 10.4 Å². The maximum atomic E-state index is 12.7. The number of aryl methyl sites for hydroxylation is 1. The minimum Gasteiger partial charge on any atom is -0.395 e. The van der Waals surface area contributed by atoms with Crippen LogP contribution in [0.25, 0.3) is 0 Å². The third-order valence-electron chi connectivity index (χ3n) is 3.36. The van der Waals surface area contributed by atoms with Crippen molar-refractivity contribution in [1.82, 2.24) is 19.4 Å². The number of sulfonamides is 1. The molecule has 1 unspecified atom stereocenters. The van der Waals surface area contributed by atoms with Crippen LogP contribution >= 0.6 is 11.6 Å². The van der Waals surface area contributed by atoms with Crippen molar-refractivity contribution in [2.75, 3.05) is 26.2 Å². The van der Waals surface area contributed by atoms with Gasteiger partial charge in [0, 0.05) is 26.2 Å². The van der Waals surface area contributed by atoms with E-state index in [1.165, 1.54) is 22.2 Å². The van der Waals surface area contributed by atoms with Crippen LogP contribution in [-0.4, -0.2) is 59.9 Å². The maximum absolute atomic E-state index is 12.7. The first kappa shape index (κ1) is 15.7. The third-order valence-corrected chi connectivity index (χ3v) is 5.74. The first-order valence-corrected chi connectivity index (χ1v) is 8.30. The van der Waals surface area contributed by atoms with Gasteiger partial charge >= 0.3 is 0 Å². The van der Waals surface area contributed by atoms with Crippen LogP contribution < -0.4 is 5.32 Å². The fourth-order valence-electron chi connectivity index (χ4n) is 2.39. The molecule has 0 bridgehead atoms. The van der Waals surface area contributed by atoms with Gasteiger partial charge in [0.25, 0.3) is 10.0 Å². The van der Waals surface area contributed by atoms with Crippen molar-refractivity contribution in [3.05, 3.63) is 11.2 Å². The molecule has 0 saturated carbocycles. The SMILES string of the molecule is Cn1ncc(Cl)c1S(=O)(=O)N(CCO)CC1CCCN1. The summed E-state index contributed by atoms with van der Waals surface area (Å²) in [6.07, 6.45) is 3.26. The molecule has 2 rings (SSSR count). The highest BCUT2D eigenvalue weighted by atomic mass is 35.5. The van der Waals surface area contributed by atoms with E-state index in [4.69, 9.17) is 16.7 Å². The van der Waals surface area contributed by atoms with Gasteiger partial charge in [0.1, 0.15) is 0 Å². The average molecular weight is 323 g/mol. The Kier molecular flexibility index (Phi) is 5.03. The smallest absolute Gasteiger partial charge is 0.261 e. The summed E-state index contributed by atoms with van der Waals surface area (Å²) < 4.78 is 27.8. The molecular weight excluding hydrogens is 304 g/mol. The Balaban J connectivity index is 2.27. The van der Waals surface area contributed by atoms with E-state index in [0.717, 1.165) is 19.4 Å². The molecule has 0 radical (unpaired) electrons. The lowest BCUT2D eigenvalue weighted by molar-refractivity contribution is 0.245. The van der Waals surface area contributed by atoms with Gasteiger partial charge in [0.2, 0.25) is 0 Å². The van der Waals surface area contributed by atoms with Gasteiger partial charge in [-0.1, -0.05) is 11.6 Å². The molecule has 1 saturated heterocycles. The zero-order valence-corrected chi connectivity index (χ0v) is 12.9. The molecule has 0 amide bonds. The Morgan fingerprint density at radius 1 is 1.65 bits per heavy atom. The standard InChI is InChI=1S/C11H19ClN4O3S/c1-15-11(10(12)7-14-15)20(18,19)16(5-6-17)8-9-3-2-4-13-9/h7,9,13,17H,2-6,8H2,1H3. The van der Waals surface area contributed by atoms with Crippen LogP contribution in [0.3, 0.4) is 0 Å². The molecule has 7 nitrogen and oxygen atoms in total. The monoisotopic (exact) mass is 322 g/mol. The second-order valence-corrected chi connectivity index (χ2v) is 7.06. The zero-order valence-electron chi connectivity index (χ0n) is 11.3. The number of nitrogens with zero attached hydrogens (tertiary/aromatic N) is 3. The van der Waals surface area contributed by atoms with Crippen molar-refractivity contribution in [2.45, 2.75) is 23.9 Å². The highest BCUT2D eigenvalue weighted by molar-refractivity contribution is 7.89. The van der Waals surface area contributed by atoms with Crippen LogP contribution in [0.4, 0.5) is 0 Å². The number of hydrogen-bond acceptors (Lipinski definition) is 5. The van der Waals surface area contributed by atoms with Crippen LogP contribution in [0.1, 0.15) is 12.8 Å². The molecule has 1 atom stereocenters. The minimum absolute atomic E-state index is 0.0365. The first-order valence-electron chi connectivity index (χ1n) is 6.48. The van der Waals surface area contributed by atoms with Crippen molar-refractivity contribution in [3.63, 3.8) is 0 Å². The minimum atomic E-state index is -3.77. The molecule has 9 heteroatoms. The normalized spacial score (nSPS) is 19.9. The molecule has 1 fully saturated rings. The molecular formula is C11H19ClN4O3S. The number of rotatable bonds is 6. The van der Waals surface area contributed by atoms with Gasteiger partial charge in [-0.3, -0.25) is 4.68 Å². The Hall–Kier alpha value is -0.670. The first-order chi connectivity index (χ1) is 9.46. The van der Waals surface area contributed by atoms with E-state index in [1.807, 2.05) is 0 Å². The van der Waals surface area contributed by atoms with Gasteiger partial charge in [-0.2, -0.15) is 9.40 Å². The molecule has 1 aliphatic heterocycles. The fraction of sp³-hybridized carbons (Fsp3) is 0.727. The van der Waals surface area contributed by atoms with Gasteiger partial charge in [0.15, 0.2) is 5.03 Å². The number of aliphatic hydroxyl groups is 1. The van der Waals surface area contributed by atoms with Crippen molar-refractivity contribution in [1.29, 1.82) is 0 Å². The van der Waals surface area contributed by atoms with E-state index in [2.05, 4.69) is 10.4 Å². The molecule has 0 aliphatic carbocycles. The van der Waals surface area contributed by atoms with Gasteiger partial charge in [-0.25, -0.2) is 8.42 Å². The van der Waals surface area contributed by atoms with Crippen LogP contribution in [0, 0.1) is 0 Å². The second-order valence-electron chi connectivity index (χ2n) is 4.80. The number of aromatic nitrogens is 2. The van der Waals surface area contributed by atoms with Crippen LogP contribution in [0.5, 0.6) is 0 Å². The number of hydrogen-bond donors (Lipinski definition) is 2. The average Bonchev–Trinajstić information content (AvgIpc) is 2.99. The van der Waals surface area contributed by atoms with Gasteiger partial charge in [-0.05, 0) is 19.4 Å². The summed E-state index contributed by atoms with van der Waals surface area (Å²) in [7, 11) is -2.24. The molecule has 1 aromatic heterocycles. The molecule has 1 aliphatic rings. The topological polar surface area (TPSA) is 87.5 Å². The van der Waals surface area contributed by atoms with E-state index in [-0.39, 0.29) is 29.2 Å². The van der Waals surface area contributed by atoms with E-state index in [0.29, 0.717) is 6.54 Å². The zero-order chi connectivity index (χ0) is 14.8. The Bertz CT molecular complexity index is 535. The lowest BCUT2D eigenvalue weighted by Crippen LogP contribution is -2.43. The van der Waals surface area contributed by atoms with E-state index < -0.39 is 10.0 Å². The van der Waals surface area contributed by atoms with Gasteiger partial charge in [0.05, 0.1) is 17.8 Å². The second kappa shape index (κ2) is 6.40. The maximum Gasteiger partial charge on any atom is 0.261 e.